The second-order valence-electron chi connectivity index (χ2n) is 20.3. The van der Waals surface area contributed by atoms with E-state index in [0.29, 0.717) is 5.92 Å². The lowest BCUT2D eigenvalue weighted by atomic mass is 9.67. The predicted molar refractivity (Wildman–Crippen MR) is 292 cm³/mol. The van der Waals surface area contributed by atoms with E-state index in [2.05, 4.69) is 235 Å². The highest BCUT2D eigenvalue weighted by molar-refractivity contribution is 6.18. The molecular formula is C68H49NO2. The average Bonchev–Trinajstić information content (AvgIpc) is 4.29. The third-order valence-corrected chi connectivity index (χ3v) is 16.6. The van der Waals surface area contributed by atoms with Crippen molar-refractivity contribution in [3.05, 3.63) is 258 Å². The third-order valence-electron chi connectivity index (χ3n) is 16.6. The van der Waals surface area contributed by atoms with Crippen molar-refractivity contribution < 1.29 is 8.83 Å². The van der Waals surface area contributed by atoms with Gasteiger partial charge in [0.15, 0.2) is 0 Å². The molecule has 71 heavy (non-hydrogen) atoms. The van der Waals surface area contributed by atoms with Crippen LogP contribution < -0.4 is 4.90 Å². The highest BCUT2D eigenvalue weighted by Gasteiger charge is 2.46. The summed E-state index contributed by atoms with van der Waals surface area (Å²) in [6.45, 7) is 0. The zero-order chi connectivity index (χ0) is 46.6. The molecular weight excluding hydrogens is 863 g/mol. The van der Waals surface area contributed by atoms with E-state index in [4.69, 9.17) is 8.83 Å². The molecule has 15 rings (SSSR count). The first-order chi connectivity index (χ1) is 35.2. The molecule has 3 atom stereocenters. The normalized spacial score (nSPS) is 17.6. The van der Waals surface area contributed by atoms with Gasteiger partial charge in [0.2, 0.25) is 0 Å². The second kappa shape index (κ2) is 15.8. The number of hydrogen-bond acceptors (Lipinski definition) is 3. The van der Waals surface area contributed by atoms with Crippen molar-refractivity contribution in [1.82, 2.24) is 0 Å². The predicted octanol–water partition coefficient (Wildman–Crippen LogP) is 18.6. The summed E-state index contributed by atoms with van der Waals surface area (Å²) in [5, 5.41) is 4.28. The topological polar surface area (TPSA) is 29.5 Å². The molecule has 0 spiro atoms. The van der Waals surface area contributed by atoms with Crippen LogP contribution >= 0.6 is 0 Å². The van der Waals surface area contributed by atoms with Gasteiger partial charge in [0, 0.05) is 16.5 Å². The maximum atomic E-state index is 6.84. The van der Waals surface area contributed by atoms with Crippen LogP contribution in [0.15, 0.2) is 239 Å². The minimum atomic E-state index is -0.578. The Hall–Kier alpha value is -8.40. The first-order valence-corrected chi connectivity index (χ1v) is 25.4. The van der Waals surface area contributed by atoms with E-state index in [1.54, 1.807) is 0 Å². The Morgan fingerprint density at radius 1 is 0.394 bits per heavy atom. The molecule has 338 valence electrons. The number of rotatable bonds is 8. The molecule has 3 aliphatic rings. The summed E-state index contributed by atoms with van der Waals surface area (Å²) in [7, 11) is 0. The number of nitrogens with zero attached hydrogens (tertiary/aromatic N) is 1. The molecule has 0 aliphatic heterocycles. The zero-order valence-corrected chi connectivity index (χ0v) is 39.3. The Labute approximate surface area is 413 Å². The van der Waals surface area contributed by atoms with E-state index in [1.165, 1.54) is 81.3 Å². The van der Waals surface area contributed by atoms with Gasteiger partial charge in [-0.15, -0.1) is 0 Å². The van der Waals surface area contributed by atoms with E-state index in [0.717, 1.165) is 78.3 Å². The van der Waals surface area contributed by atoms with Crippen molar-refractivity contribution in [2.75, 3.05) is 4.90 Å². The molecule has 10 aromatic carbocycles. The van der Waals surface area contributed by atoms with Gasteiger partial charge in [0.25, 0.3) is 0 Å². The molecule has 0 N–H and O–H groups in total. The van der Waals surface area contributed by atoms with Crippen LogP contribution in [0.2, 0.25) is 0 Å². The van der Waals surface area contributed by atoms with Gasteiger partial charge in [0.05, 0.1) is 27.6 Å². The first-order valence-electron chi connectivity index (χ1n) is 25.4. The standard InChI is InChI=1S/C68H49NO2/c1-3-14-44(15-4-1)47-34-36-62-56(40-47)66-60(24-12-26-64(66)70-62)69(52-19-11-18-51(42-52)68(50-16-5-2-6-17-50)58-22-9-7-20-53(58)54-21-8-10-23-59(54)68)61-25-13-27-65-67(61)57-41-48(35-37-63(57)71-65)45-30-32-46(33-31-45)55-39-43-28-29-49(55)38-43/h1-27,30-37,40-43,49,55H,28-29,38-39H2. The summed E-state index contributed by atoms with van der Waals surface area (Å²) in [5.41, 5.74) is 19.7. The van der Waals surface area contributed by atoms with E-state index in [-0.39, 0.29) is 0 Å². The molecule has 2 saturated carbocycles. The largest absolute Gasteiger partial charge is 0.456 e. The SMILES string of the molecule is c1ccc(-c2ccc3oc4cccc(N(c5cccc(C6(c7ccccc7)c7ccccc7-c7ccccc76)c5)c5cccc6oc7ccc(-c8ccc(C9CC%10CCC9C%10)cc8)cc7c56)c4c3c2)cc1. The van der Waals surface area contributed by atoms with Crippen LogP contribution in [-0.4, -0.2) is 0 Å². The van der Waals surface area contributed by atoms with Gasteiger partial charge in [-0.3, -0.25) is 0 Å². The van der Waals surface area contributed by atoms with Gasteiger partial charge in [-0.25, -0.2) is 0 Å². The van der Waals surface area contributed by atoms with Crippen LogP contribution in [0.4, 0.5) is 17.1 Å². The molecule has 3 heteroatoms. The fourth-order valence-corrected chi connectivity index (χ4v) is 13.6. The Morgan fingerprint density at radius 2 is 0.930 bits per heavy atom. The molecule has 3 unspecified atom stereocenters. The Morgan fingerprint density at radius 3 is 1.52 bits per heavy atom. The van der Waals surface area contributed by atoms with Gasteiger partial charge >= 0.3 is 0 Å². The average molecular weight is 912 g/mol. The van der Waals surface area contributed by atoms with E-state index in [9.17, 15) is 0 Å². The Balaban J connectivity index is 0.973. The van der Waals surface area contributed by atoms with Crippen molar-refractivity contribution in [3.8, 4) is 33.4 Å². The highest BCUT2D eigenvalue weighted by Crippen LogP contribution is 2.58. The summed E-state index contributed by atoms with van der Waals surface area (Å²) in [6, 6.07) is 84.8. The van der Waals surface area contributed by atoms with E-state index in [1.807, 2.05) is 0 Å². The molecule has 2 fully saturated rings. The van der Waals surface area contributed by atoms with Crippen LogP contribution in [0.5, 0.6) is 0 Å². The quantitative estimate of drug-likeness (QED) is 0.152. The van der Waals surface area contributed by atoms with Gasteiger partial charge in [-0.05, 0) is 159 Å². The van der Waals surface area contributed by atoms with Gasteiger partial charge in [-0.1, -0.05) is 176 Å². The van der Waals surface area contributed by atoms with Crippen molar-refractivity contribution in [1.29, 1.82) is 0 Å². The lowest BCUT2D eigenvalue weighted by Crippen LogP contribution is -2.28. The number of furan rings is 2. The van der Waals surface area contributed by atoms with Crippen LogP contribution in [0.1, 0.15) is 59.4 Å². The molecule has 3 aliphatic carbocycles. The summed E-state index contributed by atoms with van der Waals surface area (Å²) >= 11 is 0. The molecule has 3 nitrogen and oxygen atoms in total. The number of hydrogen-bond donors (Lipinski definition) is 0. The van der Waals surface area contributed by atoms with E-state index < -0.39 is 5.41 Å². The van der Waals surface area contributed by atoms with Crippen molar-refractivity contribution in [3.63, 3.8) is 0 Å². The zero-order valence-electron chi connectivity index (χ0n) is 39.3. The third kappa shape index (κ3) is 6.15. The van der Waals surface area contributed by atoms with Gasteiger partial charge < -0.3 is 13.7 Å². The van der Waals surface area contributed by atoms with Gasteiger partial charge in [0.1, 0.15) is 22.3 Å². The monoisotopic (exact) mass is 911 g/mol. The highest BCUT2D eigenvalue weighted by atomic mass is 16.3. The molecule has 2 bridgehead atoms. The smallest absolute Gasteiger partial charge is 0.137 e. The minimum absolute atomic E-state index is 0.578. The van der Waals surface area contributed by atoms with Crippen LogP contribution in [0, 0.1) is 11.8 Å². The van der Waals surface area contributed by atoms with Gasteiger partial charge in [-0.2, -0.15) is 0 Å². The molecule has 0 saturated heterocycles. The van der Waals surface area contributed by atoms with Crippen molar-refractivity contribution >= 4 is 60.9 Å². The molecule has 12 aromatic rings. The van der Waals surface area contributed by atoms with E-state index >= 15 is 0 Å². The van der Waals surface area contributed by atoms with Crippen molar-refractivity contribution in [2.45, 2.75) is 37.0 Å². The lowest BCUT2D eigenvalue weighted by molar-refractivity contribution is 0.420. The fourth-order valence-electron chi connectivity index (χ4n) is 13.6. The first kappa shape index (κ1) is 40.5. The lowest BCUT2D eigenvalue weighted by Gasteiger charge is -2.35. The molecule has 2 heterocycles. The number of benzene rings is 10. The maximum absolute atomic E-state index is 6.84. The summed E-state index contributed by atoms with van der Waals surface area (Å²) in [6.07, 6.45) is 5.57. The second-order valence-corrected chi connectivity index (χ2v) is 20.3. The number of anilines is 3. The molecule has 0 amide bonds. The Kier molecular flexibility index (Phi) is 9.02. The Bertz CT molecular complexity index is 3980. The molecule has 0 radical (unpaired) electrons. The summed E-state index contributed by atoms with van der Waals surface area (Å²) in [4.78, 5) is 2.47. The summed E-state index contributed by atoms with van der Waals surface area (Å²) < 4.78 is 13.6. The van der Waals surface area contributed by atoms with Crippen LogP contribution in [-0.2, 0) is 5.41 Å². The fraction of sp³-hybridized carbons (Fsp3) is 0.118. The van der Waals surface area contributed by atoms with Crippen molar-refractivity contribution in [2.24, 2.45) is 11.8 Å². The minimum Gasteiger partial charge on any atom is -0.456 e. The maximum Gasteiger partial charge on any atom is 0.137 e. The van der Waals surface area contributed by atoms with Crippen LogP contribution in [0.3, 0.4) is 0 Å². The van der Waals surface area contributed by atoms with Crippen LogP contribution in [0.25, 0.3) is 77.3 Å². The molecule has 2 aromatic heterocycles. The summed E-state index contributed by atoms with van der Waals surface area (Å²) in [5.74, 6) is 2.48. The number of fused-ring (bicyclic) bond motifs is 11.